The zero-order valence-electron chi connectivity index (χ0n) is 14.5. The van der Waals surface area contributed by atoms with E-state index < -0.39 is 10.0 Å². The van der Waals surface area contributed by atoms with Crippen molar-refractivity contribution in [3.63, 3.8) is 0 Å². The molecule has 0 radical (unpaired) electrons. The van der Waals surface area contributed by atoms with E-state index in [1.807, 2.05) is 30.3 Å². The van der Waals surface area contributed by atoms with E-state index in [0.29, 0.717) is 11.4 Å². The number of nitrogens with zero attached hydrogens (tertiary/aromatic N) is 3. The van der Waals surface area contributed by atoms with Gasteiger partial charge in [0.25, 0.3) is 0 Å². The summed E-state index contributed by atoms with van der Waals surface area (Å²) < 4.78 is 34.6. The Labute approximate surface area is 166 Å². The molecule has 27 heavy (non-hydrogen) atoms. The van der Waals surface area contributed by atoms with Crippen molar-refractivity contribution in [2.24, 2.45) is 0 Å². The van der Waals surface area contributed by atoms with Crippen LogP contribution in [0.1, 0.15) is 12.8 Å². The van der Waals surface area contributed by atoms with E-state index in [9.17, 15) is 8.42 Å². The Morgan fingerprint density at radius 1 is 1.07 bits per heavy atom. The van der Waals surface area contributed by atoms with E-state index in [2.05, 4.69) is 25.9 Å². The topological polar surface area (TPSA) is 72.4 Å². The fourth-order valence-electron chi connectivity index (χ4n) is 3.29. The van der Waals surface area contributed by atoms with Gasteiger partial charge in [0.05, 0.1) is 15.9 Å². The molecule has 0 unspecified atom stereocenters. The maximum Gasteiger partial charge on any atom is 0.316 e. The maximum absolute atomic E-state index is 13.3. The Morgan fingerprint density at radius 3 is 2.63 bits per heavy atom. The largest absolute Gasteiger partial charge is 0.459 e. The molecule has 8 heteroatoms. The lowest BCUT2D eigenvalue weighted by atomic mass is 10.1. The maximum atomic E-state index is 13.3. The summed E-state index contributed by atoms with van der Waals surface area (Å²) in [4.78, 5) is 8.56. The van der Waals surface area contributed by atoms with Gasteiger partial charge in [-0.2, -0.15) is 4.31 Å². The van der Waals surface area contributed by atoms with Gasteiger partial charge in [-0.05, 0) is 40.2 Å². The first kappa shape index (κ1) is 18.3. The summed E-state index contributed by atoms with van der Waals surface area (Å²) in [6.07, 6.45) is 4.43. The van der Waals surface area contributed by atoms with Crippen molar-refractivity contribution >= 4 is 36.7 Å². The number of rotatable bonds is 4. The average Bonchev–Trinajstić information content (AvgIpc) is 2.69. The monoisotopic (exact) mass is 447 g/mol. The zero-order valence-corrected chi connectivity index (χ0v) is 16.9. The van der Waals surface area contributed by atoms with Gasteiger partial charge in [-0.3, -0.25) is 0 Å². The summed E-state index contributed by atoms with van der Waals surface area (Å²) >= 11 is 3.28. The first-order valence-corrected chi connectivity index (χ1v) is 10.9. The Hall–Kier alpha value is -2.03. The number of benzene rings is 2. The Kier molecular flexibility index (Phi) is 5.12. The van der Waals surface area contributed by atoms with Gasteiger partial charge in [-0.25, -0.2) is 18.4 Å². The van der Waals surface area contributed by atoms with Gasteiger partial charge in [0, 0.05) is 24.3 Å². The lowest BCUT2D eigenvalue weighted by Gasteiger charge is -2.31. The highest BCUT2D eigenvalue weighted by molar-refractivity contribution is 9.10. The van der Waals surface area contributed by atoms with Crippen molar-refractivity contribution in [1.82, 2.24) is 14.3 Å². The minimum atomic E-state index is -3.62. The van der Waals surface area contributed by atoms with Crippen LogP contribution in [0.15, 0.2) is 64.2 Å². The second-order valence-corrected chi connectivity index (χ2v) is 9.23. The quantitative estimate of drug-likeness (QED) is 0.610. The molecule has 2 aromatic carbocycles. The summed E-state index contributed by atoms with van der Waals surface area (Å²) in [5.74, 6) is 0. The number of hydrogen-bond acceptors (Lipinski definition) is 5. The summed E-state index contributed by atoms with van der Waals surface area (Å²) in [5.41, 5.74) is 0. The Morgan fingerprint density at radius 2 is 1.81 bits per heavy atom. The van der Waals surface area contributed by atoms with Crippen LogP contribution >= 0.6 is 15.9 Å². The molecule has 4 rings (SSSR count). The molecule has 2 heterocycles. The molecule has 0 spiro atoms. The first-order valence-electron chi connectivity index (χ1n) is 8.66. The van der Waals surface area contributed by atoms with E-state index in [1.165, 1.54) is 4.31 Å². The summed E-state index contributed by atoms with van der Waals surface area (Å²) in [6, 6.07) is 13.1. The van der Waals surface area contributed by atoms with Crippen molar-refractivity contribution < 1.29 is 13.2 Å². The van der Waals surface area contributed by atoms with Gasteiger partial charge < -0.3 is 4.74 Å². The standard InChI is InChI=1S/C19H18BrN3O3S/c20-15-11-21-19(22-12-15)26-16-7-4-10-23(13-16)27(24,25)18-9-3-6-14-5-1-2-8-17(14)18/h1-3,5-6,8-9,11-12,16H,4,7,10,13H2/t16-/m1/s1. The van der Waals surface area contributed by atoms with Crippen LogP contribution in [0, 0.1) is 0 Å². The SMILES string of the molecule is O=S(=O)(c1cccc2ccccc12)N1CCC[C@@H](Oc2ncc(Br)cn2)C1. The Balaban J connectivity index is 1.59. The lowest BCUT2D eigenvalue weighted by Crippen LogP contribution is -2.44. The van der Waals surface area contributed by atoms with Crippen LogP contribution in [0.4, 0.5) is 0 Å². The predicted molar refractivity (Wildman–Crippen MR) is 106 cm³/mol. The van der Waals surface area contributed by atoms with E-state index in [0.717, 1.165) is 28.1 Å². The van der Waals surface area contributed by atoms with Crippen LogP contribution in [0.3, 0.4) is 0 Å². The number of sulfonamides is 1. The third-order valence-electron chi connectivity index (χ3n) is 4.58. The van der Waals surface area contributed by atoms with E-state index >= 15 is 0 Å². The number of fused-ring (bicyclic) bond motifs is 1. The number of hydrogen-bond donors (Lipinski definition) is 0. The van der Waals surface area contributed by atoms with E-state index in [4.69, 9.17) is 4.74 Å². The van der Waals surface area contributed by atoms with Crippen LogP contribution in [0.2, 0.25) is 0 Å². The molecule has 0 aliphatic carbocycles. The number of halogens is 1. The van der Waals surface area contributed by atoms with Gasteiger partial charge >= 0.3 is 6.01 Å². The number of piperidine rings is 1. The second kappa shape index (κ2) is 7.53. The highest BCUT2D eigenvalue weighted by atomic mass is 79.9. The summed E-state index contributed by atoms with van der Waals surface area (Å²) in [6.45, 7) is 0.761. The molecule has 0 bridgehead atoms. The van der Waals surface area contributed by atoms with Gasteiger partial charge in [0.2, 0.25) is 10.0 Å². The van der Waals surface area contributed by atoms with Crippen molar-refractivity contribution in [2.75, 3.05) is 13.1 Å². The lowest BCUT2D eigenvalue weighted by molar-refractivity contribution is 0.119. The molecule has 3 aromatic rings. The molecule has 1 saturated heterocycles. The van der Waals surface area contributed by atoms with Gasteiger partial charge in [0.1, 0.15) is 6.10 Å². The Bertz CT molecular complexity index is 1050. The van der Waals surface area contributed by atoms with E-state index in [1.54, 1.807) is 24.5 Å². The van der Waals surface area contributed by atoms with Gasteiger partial charge in [-0.15, -0.1) is 0 Å². The third-order valence-corrected chi connectivity index (χ3v) is 6.91. The van der Waals surface area contributed by atoms with Crippen LogP contribution < -0.4 is 4.74 Å². The minimum Gasteiger partial charge on any atom is -0.459 e. The van der Waals surface area contributed by atoms with Crippen molar-refractivity contribution in [3.8, 4) is 6.01 Å². The first-order chi connectivity index (χ1) is 13.0. The van der Waals surface area contributed by atoms with Gasteiger partial charge in [0.15, 0.2) is 0 Å². The average molecular weight is 448 g/mol. The highest BCUT2D eigenvalue weighted by Crippen LogP contribution is 2.28. The molecule has 0 saturated carbocycles. The van der Waals surface area contributed by atoms with Crippen molar-refractivity contribution in [3.05, 3.63) is 59.3 Å². The molecule has 1 aromatic heterocycles. The van der Waals surface area contributed by atoms with Crippen LogP contribution in [-0.2, 0) is 10.0 Å². The molecule has 6 nitrogen and oxygen atoms in total. The molecule has 0 amide bonds. The third kappa shape index (κ3) is 3.83. The number of ether oxygens (including phenoxy) is 1. The second-order valence-electron chi connectivity index (χ2n) is 6.41. The van der Waals surface area contributed by atoms with Crippen molar-refractivity contribution in [2.45, 2.75) is 23.8 Å². The molecule has 1 aliphatic rings. The fraction of sp³-hybridized carbons (Fsp3) is 0.263. The molecular formula is C19H18BrN3O3S. The predicted octanol–water partition coefficient (Wildman–Crippen LogP) is 3.62. The zero-order chi connectivity index (χ0) is 18.9. The summed E-state index contributed by atoms with van der Waals surface area (Å²) in [5, 5.41) is 1.64. The van der Waals surface area contributed by atoms with Crippen LogP contribution in [0.25, 0.3) is 10.8 Å². The van der Waals surface area contributed by atoms with Crippen LogP contribution in [0.5, 0.6) is 6.01 Å². The highest BCUT2D eigenvalue weighted by Gasteiger charge is 2.32. The van der Waals surface area contributed by atoms with Gasteiger partial charge in [-0.1, -0.05) is 36.4 Å². The summed E-state index contributed by atoms with van der Waals surface area (Å²) in [7, 11) is -3.62. The number of aromatic nitrogens is 2. The molecule has 0 N–H and O–H groups in total. The molecule has 1 fully saturated rings. The van der Waals surface area contributed by atoms with E-state index in [-0.39, 0.29) is 18.7 Å². The smallest absolute Gasteiger partial charge is 0.316 e. The van der Waals surface area contributed by atoms with Crippen LogP contribution in [-0.4, -0.2) is 41.9 Å². The normalized spacial score (nSPS) is 18.5. The van der Waals surface area contributed by atoms with Crippen molar-refractivity contribution in [1.29, 1.82) is 0 Å². The molecule has 1 aliphatic heterocycles. The molecular weight excluding hydrogens is 430 g/mol. The minimum absolute atomic E-state index is 0.257. The fourth-order valence-corrected chi connectivity index (χ4v) is 5.22. The molecule has 1 atom stereocenters. The molecule has 140 valence electrons.